The minimum Gasteiger partial charge on any atom is -0.507 e. The Bertz CT molecular complexity index is 4810. The number of carbonyl (C=O) groups excluding carboxylic acids is 7. The highest BCUT2D eigenvalue weighted by Crippen LogP contribution is 2.51. The summed E-state index contributed by atoms with van der Waals surface area (Å²) in [5.74, 6) is -19.9. The number of aliphatic hydroxyl groups is 10. The van der Waals surface area contributed by atoms with E-state index in [9.17, 15) is 95.8 Å². The Hall–Kier alpha value is -9.97. The van der Waals surface area contributed by atoms with E-state index in [1.54, 1.807) is 27.7 Å². The topological polar surface area (TPSA) is 659 Å². The van der Waals surface area contributed by atoms with Gasteiger partial charge in [-0.05, 0) is 123 Å². The Kier molecular flexibility index (Phi) is 34.9. The van der Waals surface area contributed by atoms with E-state index < -0.39 is 302 Å². The van der Waals surface area contributed by atoms with Gasteiger partial charge in [0.25, 0.3) is 0 Å². The minimum atomic E-state index is -2.52. The number of nitrogens with one attached hydrogen (secondary N) is 10. The largest absolute Gasteiger partial charge is 0.507 e. The van der Waals surface area contributed by atoms with Crippen LogP contribution in [0, 0.1) is 5.92 Å². The molecule has 43 heteroatoms. The number of carboxylic acids is 2. The number of aromatic hydroxyl groups is 3. The quantitative estimate of drug-likeness (QED) is 0.0243. The lowest BCUT2D eigenvalue weighted by molar-refractivity contribution is -0.334. The fourth-order valence-electron chi connectivity index (χ4n) is 15.9. The molecule has 7 heterocycles. The number of ether oxygens (including phenoxy) is 6. The number of carbonyl (C=O) groups is 9. The van der Waals surface area contributed by atoms with Crippen molar-refractivity contribution in [1.82, 2.24) is 53.2 Å². The first-order valence-electron chi connectivity index (χ1n) is 42.0. The lowest BCUT2D eigenvalue weighted by Gasteiger charge is -2.48. The van der Waals surface area contributed by atoms with Crippen LogP contribution in [0.1, 0.15) is 169 Å². The number of aliphatic carboxylic acids is 2. The van der Waals surface area contributed by atoms with Gasteiger partial charge in [0.1, 0.15) is 114 Å². The van der Waals surface area contributed by atoms with Gasteiger partial charge in [0.2, 0.25) is 53.4 Å². The maximum Gasteiger partial charge on any atom is 0.330 e. The molecule has 0 saturated carbocycles. The second-order valence-corrected chi connectivity index (χ2v) is 33.8. The number of amides is 7. The number of nitrogens with two attached hydrogens (primary N) is 1. The molecule has 0 radical (unpaired) electrons. The van der Waals surface area contributed by atoms with Gasteiger partial charge < -0.3 is 159 Å². The van der Waals surface area contributed by atoms with Crippen molar-refractivity contribution in [1.29, 1.82) is 0 Å². The maximum absolute atomic E-state index is 16.4. The fourth-order valence-corrected chi connectivity index (χ4v) is 16.4. The van der Waals surface area contributed by atoms with Crippen molar-refractivity contribution in [3.63, 3.8) is 0 Å². The number of fused-ring (bicyclic) bond motifs is 15. The zero-order valence-electron chi connectivity index (χ0n) is 70.8. The number of primary amides is 1. The Labute approximate surface area is 744 Å². The second-order valence-electron chi connectivity index (χ2n) is 33.0. The van der Waals surface area contributed by atoms with E-state index in [0.717, 1.165) is 93.2 Å². The third kappa shape index (κ3) is 23.8. The molecule has 5 aromatic carbocycles. The van der Waals surface area contributed by atoms with Crippen molar-refractivity contribution in [3.8, 4) is 57.1 Å². The molecule has 7 aliphatic heterocycles. The number of halogens is 2. The molecule has 27 N–H and O–H groups in total. The van der Waals surface area contributed by atoms with Crippen molar-refractivity contribution in [2.75, 3.05) is 39.9 Å². The lowest BCUT2D eigenvalue weighted by Crippen LogP contribution is -2.65. The fraction of sp³-hybridized carbons (Fsp3) is 0.541. The van der Waals surface area contributed by atoms with Crippen LogP contribution in [0.5, 0.6) is 46.0 Å². The highest BCUT2D eigenvalue weighted by atomic mass is 35.5. The third-order valence-corrected chi connectivity index (χ3v) is 23.7. The zero-order valence-corrected chi connectivity index (χ0v) is 72.3. The first kappa shape index (κ1) is 100. The summed E-state index contributed by atoms with van der Waals surface area (Å²) < 4.78 is 39.4. The summed E-state index contributed by atoms with van der Waals surface area (Å²) in [6.07, 6.45) is -16.9. The van der Waals surface area contributed by atoms with Crippen LogP contribution in [0.4, 0.5) is 0 Å². The van der Waals surface area contributed by atoms with Crippen molar-refractivity contribution >= 4 is 76.5 Å². The molecule has 41 nitrogen and oxygen atoms in total. The van der Waals surface area contributed by atoms with E-state index in [-0.39, 0.29) is 29.9 Å². The first-order chi connectivity index (χ1) is 60.7. The second kappa shape index (κ2) is 44.6. The number of hydrogen-bond donors (Lipinski definition) is 26. The molecule has 702 valence electrons. The van der Waals surface area contributed by atoms with Crippen LogP contribution in [0.3, 0.4) is 0 Å². The molecule has 7 amide bonds. The molecule has 12 rings (SSSR count). The van der Waals surface area contributed by atoms with Gasteiger partial charge >= 0.3 is 11.9 Å². The van der Waals surface area contributed by atoms with Crippen LogP contribution < -0.4 is 73.1 Å². The van der Waals surface area contributed by atoms with Crippen molar-refractivity contribution in [2.45, 2.75) is 245 Å². The van der Waals surface area contributed by atoms with Gasteiger partial charge in [-0.2, -0.15) is 0 Å². The molecular weight excluding hydrogens is 1730 g/mol. The standard InChI is InChI=1S/C85H113Cl2N11O30/c1-7-8-9-10-11-12-13-14-21-90-22-23-92-85(5)32-58(123-37(4)75(85)112)127-74-72(111)70(109)56(35-100)126-84(74)128-73-54-28-41-29-55(73)125-53-20-17-40(27-46(53)87)67(106)64-81(118)96-62(82(119)120)43-30-50(102)44(33-91-65(83(121)122)71(110)69(108)51(103)34-99)68(107)59(43)42-25-38(15-18-49(42)101)60(78(115)98-64)95-79(116)61(41)94-77(114)48(31-57(88)104)93-80(117)63(97-76(113)47(89-6)24-36(2)3)66(105)39-16-19-52(124-54)45(86)26-39/h15-20,25-30,36-37,47-48,51,56,58,60-67,69-72,74-75,84,89-92,99-103,105-112H,7-14,21-24,31-35H2,1-6H3,(H2,88,104)(H,93,117)(H,94,114)(H,95,116)(H,96,118)(H,97,113)(H,98,115)(H,119,120)(H,121,122)/t37-,47+,48-,51+,56+,58-,60+,61+,62-,63+,64-,65+,66+,67+,69+,70+,71+,72-,74+,75+,84-,85-/m0/s1. The summed E-state index contributed by atoms with van der Waals surface area (Å²) >= 11 is 14.3. The first-order valence-corrected chi connectivity index (χ1v) is 42.7. The number of unbranched alkanes of at least 4 members (excludes halogenated alkanes) is 7. The van der Waals surface area contributed by atoms with E-state index in [1.807, 2.05) is 0 Å². The highest BCUT2D eigenvalue weighted by Gasteiger charge is 2.53. The normalized spacial score (nSPS) is 26.8. The number of benzene rings is 5. The van der Waals surface area contributed by atoms with Crippen molar-refractivity contribution in [2.24, 2.45) is 11.7 Å². The van der Waals surface area contributed by atoms with Gasteiger partial charge in [-0.15, -0.1) is 0 Å². The average molecular weight is 1840 g/mol. The predicted octanol–water partition coefficient (Wildman–Crippen LogP) is 0.0852. The minimum absolute atomic E-state index is 0.142. The average Bonchev–Trinajstić information content (AvgIpc) is 0.760. The molecular formula is C85H113Cl2N11O30. The van der Waals surface area contributed by atoms with E-state index >= 15 is 24.0 Å². The molecule has 2 saturated heterocycles. The monoisotopic (exact) mass is 1840 g/mol. The van der Waals surface area contributed by atoms with Gasteiger partial charge in [-0.1, -0.05) is 107 Å². The van der Waals surface area contributed by atoms with Crippen LogP contribution in [0.25, 0.3) is 11.1 Å². The third-order valence-electron chi connectivity index (χ3n) is 23.1. The Morgan fingerprint density at radius 3 is 1.88 bits per heavy atom. The molecule has 0 spiro atoms. The number of aliphatic hydroxyl groups excluding tert-OH is 10. The lowest BCUT2D eigenvalue weighted by atomic mass is 9.85. The zero-order chi connectivity index (χ0) is 93.6. The van der Waals surface area contributed by atoms with Gasteiger partial charge in [0.05, 0.1) is 53.5 Å². The van der Waals surface area contributed by atoms with Crippen LogP contribution in [-0.2, 0) is 63.9 Å². The molecule has 5 aromatic rings. The number of carboxylic acid groups (broad SMARTS) is 2. The van der Waals surface area contributed by atoms with Crippen LogP contribution in [-0.4, -0.2) is 273 Å². The Balaban J connectivity index is 1.17. The summed E-state index contributed by atoms with van der Waals surface area (Å²) in [5, 5.41) is 196. The summed E-state index contributed by atoms with van der Waals surface area (Å²) in [6, 6.07) is -5.57. The number of likely N-dealkylation sites (N-methyl/N-ethyl adjacent to an activating group) is 1. The molecule has 0 aromatic heterocycles. The Morgan fingerprint density at radius 1 is 0.672 bits per heavy atom. The molecule has 7 aliphatic rings. The smallest absolute Gasteiger partial charge is 0.330 e. The number of phenolic OH excluding ortho intramolecular Hbond substituents is 3. The summed E-state index contributed by atoms with van der Waals surface area (Å²) in [6.45, 7) is 7.39. The van der Waals surface area contributed by atoms with Crippen molar-refractivity contribution in [3.05, 3.63) is 116 Å². The molecule has 0 aliphatic carbocycles. The summed E-state index contributed by atoms with van der Waals surface area (Å²) in [5.41, 5.74) is -0.182. The maximum atomic E-state index is 16.4. The van der Waals surface area contributed by atoms with Crippen LogP contribution in [0.2, 0.25) is 10.0 Å². The van der Waals surface area contributed by atoms with Crippen LogP contribution >= 0.6 is 23.2 Å². The van der Waals surface area contributed by atoms with Gasteiger partial charge in [0, 0.05) is 48.3 Å². The van der Waals surface area contributed by atoms with Crippen molar-refractivity contribution < 1.29 is 148 Å². The van der Waals surface area contributed by atoms with E-state index in [1.165, 1.54) is 38.4 Å². The SMILES string of the molecule is CCCCCCCCCCNCCN[C@@]1(C)C[C@H](O[C@H]2[C@H](Oc3c4cc5cc3Oc3ccc(cc3Cl)[C@@H](O)[C@@H](NC(=O)[C@@H](CC(C)C)NC)C(=O)N[C@@H](CC(N)=O)C(=O)N[C@H]5C(=O)N[C@H]3C(=O)N[C@H](C(=O)N[C@H](C(=O)O)c5cc(O)c(CN[C@@H](C(=O)O)[C@@H](O)[C@H](O)[C@H](O)CO)c(O)c5-c5cc3ccc5O)[C@H](O)c3ccc(c(Cl)c3)O4)O[C@H](CO)[C@@H](O)[C@@H]2O)O[C@@H](C)[C@H]1O. The summed E-state index contributed by atoms with van der Waals surface area (Å²) in [7, 11) is 1.45. The van der Waals surface area contributed by atoms with Crippen LogP contribution in [0.15, 0.2) is 72.8 Å². The van der Waals surface area contributed by atoms with Gasteiger partial charge in [-0.25, -0.2) is 4.79 Å². The van der Waals surface area contributed by atoms with E-state index in [4.69, 9.17) is 57.4 Å². The molecule has 2 fully saturated rings. The van der Waals surface area contributed by atoms with E-state index in [0.29, 0.717) is 19.2 Å². The molecule has 22 atom stereocenters. The van der Waals surface area contributed by atoms with E-state index in [2.05, 4.69) is 60.1 Å². The molecule has 11 bridgehead atoms. The predicted molar refractivity (Wildman–Crippen MR) is 452 cm³/mol. The number of rotatable bonds is 34. The van der Waals surface area contributed by atoms with Gasteiger partial charge in [-0.3, -0.25) is 43.7 Å². The van der Waals surface area contributed by atoms with Gasteiger partial charge in [0.15, 0.2) is 29.9 Å². The highest BCUT2D eigenvalue weighted by molar-refractivity contribution is 6.32. The molecule has 0 unspecified atom stereocenters. The number of phenols is 3. The number of hydrogen-bond acceptors (Lipinski definition) is 32. The molecule has 128 heavy (non-hydrogen) atoms. The summed E-state index contributed by atoms with van der Waals surface area (Å²) in [4.78, 5) is 132. The Morgan fingerprint density at radius 2 is 1.28 bits per heavy atom.